The highest BCUT2D eigenvalue weighted by molar-refractivity contribution is 6.14. The zero-order chi connectivity index (χ0) is 75.6. The number of pyridine rings is 1. The third kappa shape index (κ3) is 14.7. The summed E-state index contributed by atoms with van der Waals surface area (Å²) in [5.41, 5.74) is 13.6. The molecule has 15 rings (SSSR count). The summed E-state index contributed by atoms with van der Waals surface area (Å²) in [6, 6.07) is 60.8. The maximum Gasteiger partial charge on any atom is 0.424 e. The lowest BCUT2D eigenvalue weighted by Crippen LogP contribution is -2.36. The van der Waals surface area contributed by atoms with Crippen molar-refractivity contribution < 1.29 is 41.6 Å². The highest BCUT2D eigenvalue weighted by atomic mass is 19.4. The summed E-state index contributed by atoms with van der Waals surface area (Å²) >= 11 is 0. The minimum Gasteiger partial charge on any atom is -0.407 e. The fourth-order valence-electron chi connectivity index (χ4n) is 13.4. The number of fused-ring (bicyclic) bond motifs is 3. The monoisotopic (exact) mass is 1430 g/mol. The van der Waals surface area contributed by atoms with Crippen molar-refractivity contribution in [1.29, 1.82) is 0 Å². The smallest absolute Gasteiger partial charge is 0.407 e. The third-order valence-corrected chi connectivity index (χ3v) is 19.0. The van der Waals surface area contributed by atoms with Gasteiger partial charge >= 0.3 is 11.9 Å². The van der Waals surface area contributed by atoms with E-state index in [2.05, 4.69) is 40.9 Å². The van der Waals surface area contributed by atoms with E-state index in [9.17, 15) is 41.9 Å². The normalized spacial score (nSPS) is 13.2. The van der Waals surface area contributed by atoms with Crippen LogP contribution in [0.5, 0.6) is 0 Å². The van der Waals surface area contributed by atoms with E-state index in [1.165, 1.54) is 34.0 Å². The van der Waals surface area contributed by atoms with E-state index in [0.717, 1.165) is 78.8 Å². The van der Waals surface area contributed by atoms with E-state index in [1.54, 1.807) is 110 Å². The Labute approximate surface area is 614 Å². The number of carbonyl (C=O) groups excluding carboxylic acids is 5. The number of nitrogens with one attached hydrogen (secondary N) is 3. The largest absolute Gasteiger partial charge is 0.424 e. The number of carbonyl (C=O) groups is 5. The Morgan fingerprint density at radius 3 is 1.43 bits per heavy atom. The predicted molar refractivity (Wildman–Crippen MR) is 409 cm³/mol. The lowest BCUT2D eigenvalue weighted by molar-refractivity contribution is -0.138. The molecule has 9 aromatic carbocycles. The molecule has 0 saturated carbocycles. The highest BCUT2D eigenvalue weighted by Gasteiger charge is 2.48. The zero-order valence-corrected chi connectivity index (χ0v) is 59.9. The van der Waals surface area contributed by atoms with Crippen LogP contribution in [0.3, 0.4) is 0 Å². The molecule has 13 aromatic rings. The average molecular weight is 1430 g/mol. The third-order valence-electron chi connectivity index (χ3n) is 19.0. The van der Waals surface area contributed by atoms with Crippen LogP contribution in [0.15, 0.2) is 253 Å². The summed E-state index contributed by atoms with van der Waals surface area (Å²) in [5.74, 6) is -1.21. The van der Waals surface area contributed by atoms with Gasteiger partial charge in [0.25, 0.3) is 17.7 Å². The molecule has 6 heterocycles. The van der Waals surface area contributed by atoms with E-state index in [4.69, 9.17) is 4.42 Å². The van der Waals surface area contributed by atoms with Gasteiger partial charge < -0.3 is 25.3 Å². The maximum atomic E-state index is 13.9. The van der Waals surface area contributed by atoms with E-state index >= 15 is 0 Å². The molecule has 3 N–H and O–H groups in total. The first-order chi connectivity index (χ1) is 51.2. The second-order valence-electron chi connectivity index (χ2n) is 27.2. The molecule has 0 radical (unpaired) electrons. The van der Waals surface area contributed by atoms with Crippen LogP contribution < -0.4 is 31.5 Å². The quantitative estimate of drug-likeness (QED) is 0.0979. The Morgan fingerprint density at radius 2 is 0.916 bits per heavy atom. The molecule has 0 bridgehead atoms. The molecule has 2 aliphatic heterocycles. The van der Waals surface area contributed by atoms with Crippen LogP contribution in [0.4, 0.5) is 47.6 Å². The van der Waals surface area contributed by atoms with Crippen LogP contribution in [0.1, 0.15) is 109 Å². The number of anilines is 6. The number of oxazole rings is 1. The van der Waals surface area contributed by atoms with E-state index < -0.39 is 39.8 Å². The second-order valence-corrected chi connectivity index (χ2v) is 27.2. The summed E-state index contributed by atoms with van der Waals surface area (Å²) in [6.07, 6.45) is 4.94. The first kappa shape index (κ1) is 72.1. The number of hydrogen-bond donors (Lipinski definition) is 3. The van der Waals surface area contributed by atoms with Crippen molar-refractivity contribution >= 4 is 75.0 Å². The number of halogens is 3. The van der Waals surface area contributed by atoms with Crippen LogP contribution in [0.25, 0.3) is 50.2 Å². The summed E-state index contributed by atoms with van der Waals surface area (Å²) in [4.78, 5) is 103. The summed E-state index contributed by atoms with van der Waals surface area (Å²) in [5, 5.41) is 8.52. The Morgan fingerprint density at radius 1 is 0.467 bits per heavy atom. The van der Waals surface area contributed by atoms with E-state index in [0.29, 0.717) is 68.3 Å². The van der Waals surface area contributed by atoms with Crippen LogP contribution in [-0.4, -0.2) is 59.0 Å². The SMILES string of the molecule is Cc1ccc(NC(=O)c2cc(-c3cccc4c3C(C)(C)C(=O)N4Cc3ncccn3)ccc2C)cc1.Cc1ccc(NC(=O)c2cc(-c3cccc4c3C(C)(C)C(=O)N4c3ncccn3)ccc2C(F)(F)F)cc1.Cc1ccc(NC(=O)c2cc(-c3cccc4c3oc(=O)n4-c3cccnc3)ccc2C)cc1. The predicted octanol–water partition coefficient (Wildman–Crippen LogP) is 18.0. The highest BCUT2D eigenvalue weighted by Crippen LogP contribution is 2.50. The van der Waals surface area contributed by atoms with Crippen molar-refractivity contribution in [2.75, 3.05) is 25.8 Å². The molecular formula is C86H72F3N11O7. The van der Waals surface area contributed by atoms with Gasteiger partial charge in [-0.3, -0.25) is 29.0 Å². The van der Waals surface area contributed by atoms with E-state index in [-0.39, 0.29) is 29.6 Å². The molecule has 0 fully saturated rings. The molecule has 0 saturated heterocycles. The number of rotatable bonds is 13. The first-order valence-electron chi connectivity index (χ1n) is 34.3. The number of hydrogen-bond acceptors (Lipinski definition) is 12. The molecule has 21 heteroatoms. The topological polar surface area (TPSA) is 228 Å². The summed E-state index contributed by atoms with van der Waals surface area (Å²) < 4.78 is 48.9. The van der Waals surface area contributed by atoms with Gasteiger partial charge in [0, 0.05) is 70.4 Å². The number of aromatic nitrogens is 6. The van der Waals surface area contributed by atoms with Crippen molar-refractivity contribution in [3.63, 3.8) is 0 Å². The Balaban J connectivity index is 0.000000142. The Hall–Kier alpha value is -13.3. The van der Waals surface area contributed by atoms with Crippen molar-refractivity contribution in [2.45, 2.75) is 85.9 Å². The van der Waals surface area contributed by atoms with Crippen molar-refractivity contribution in [1.82, 2.24) is 29.5 Å². The number of amides is 5. The fourth-order valence-corrected chi connectivity index (χ4v) is 13.4. The van der Waals surface area contributed by atoms with Crippen LogP contribution in [0.2, 0.25) is 0 Å². The number of nitrogens with zero attached hydrogens (tertiary/aromatic N) is 8. The Bertz CT molecular complexity index is 5650. The molecule has 4 aromatic heterocycles. The van der Waals surface area contributed by atoms with Gasteiger partial charge in [-0.05, 0) is 216 Å². The van der Waals surface area contributed by atoms with E-state index in [1.807, 2.05) is 170 Å². The van der Waals surface area contributed by atoms with Gasteiger partial charge in [0.1, 0.15) is 5.82 Å². The maximum absolute atomic E-state index is 13.9. The standard InChI is InChI=1S/C30H28N4O2.C29H23F3N4O2.C27H21N3O3/c1-19-9-13-22(14-10-19)33-28(35)24-17-21(12-11-20(24)2)23-7-5-8-25-27(23)30(3,4)29(36)34(25)18-26-31-15-6-16-32-26;1-17-8-11-19(12-9-17)35-25(37)21-16-18(10-13-22(21)29(30,31)32)20-6-4-7-23-24(20)28(2,3)26(38)36(23)27-33-14-5-15-34-27;1-17-8-12-20(13-9-17)29-26(31)23-15-19(11-10-18(23)2)22-6-3-7-24-25(22)33-27(32)30(24)21-5-4-14-28-16-21/h5-17H,18H2,1-4H3,(H,33,35);4-16H,1-3H3,(H,35,37);3-16H,1-2H3,(H,29,31). The molecule has 18 nitrogen and oxygen atoms in total. The van der Waals surface area contributed by atoms with Crippen LogP contribution in [0, 0.1) is 34.6 Å². The van der Waals surface area contributed by atoms with Gasteiger partial charge in [-0.2, -0.15) is 13.2 Å². The average Bonchev–Trinajstić information content (AvgIpc) is 1.58. The molecule has 0 spiro atoms. The van der Waals surface area contributed by atoms with Gasteiger partial charge in [0.05, 0.1) is 51.6 Å². The molecule has 2 aliphatic rings. The van der Waals surface area contributed by atoms with Crippen molar-refractivity contribution in [3.8, 4) is 39.1 Å². The lowest BCUT2D eigenvalue weighted by atomic mass is 9.81. The van der Waals surface area contributed by atoms with Crippen molar-refractivity contribution in [3.05, 3.63) is 321 Å². The number of aryl methyl sites for hydroxylation is 5. The Kier molecular flexibility index (Phi) is 19.8. The van der Waals surface area contributed by atoms with Gasteiger partial charge in [-0.1, -0.05) is 120 Å². The van der Waals surface area contributed by atoms with Gasteiger partial charge in [-0.15, -0.1) is 0 Å². The molecule has 0 aliphatic carbocycles. The molecule has 5 amide bonds. The zero-order valence-electron chi connectivity index (χ0n) is 59.9. The van der Waals surface area contributed by atoms with Crippen molar-refractivity contribution in [2.24, 2.45) is 0 Å². The van der Waals surface area contributed by atoms with Gasteiger partial charge in [-0.25, -0.2) is 34.2 Å². The molecule has 0 unspecified atom stereocenters. The van der Waals surface area contributed by atoms with Crippen LogP contribution in [-0.2, 0) is 33.1 Å². The fraction of sp³-hybridized carbons (Fsp3) is 0.151. The minimum absolute atomic E-state index is 0.00172. The lowest BCUT2D eigenvalue weighted by Gasteiger charge is -2.21. The molecule has 107 heavy (non-hydrogen) atoms. The number of benzene rings is 9. The summed E-state index contributed by atoms with van der Waals surface area (Å²) in [6.45, 7) is 17.4. The number of para-hydroxylation sites is 1. The second kappa shape index (κ2) is 29.4. The summed E-state index contributed by atoms with van der Waals surface area (Å²) in [7, 11) is 0. The molecule has 0 atom stereocenters. The number of alkyl halides is 3. The molecular weight excluding hydrogens is 1360 g/mol. The molecule has 534 valence electrons. The minimum atomic E-state index is -4.74. The van der Waals surface area contributed by atoms with Gasteiger partial charge in [0.2, 0.25) is 17.8 Å². The van der Waals surface area contributed by atoms with Gasteiger partial charge in [0.15, 0.2) is 5.58 Å². The van der Waals surface area contributed by atoms with Crippen LogP contribution >= 0.6 is 0 Å². The first-order valence-corrected chi connectivity index (χ1v) is 34.3.